The molecular weight excluding hydrogens is 318 g/mol. The molecule has 0 aliphatic rings. The fraction of sp³-hybridized carbons (Fsp3) is 0.583. The van der Waals surface area contributed by atoms with Gasteiger partial charge in [0.15, 0.2) is 0 Å². The van der Waals surface area contributed by atoms with Crippen LogP contribution in [0.25, 0.3) is 0 Å². The summed E-state index contributed by atoms with van der Waals surface area (Å²) < 4.78 is 26.7. The van der Waals surface area contributed by atoms with Gasteiger partial charge < -0.3 is 5.11 Å². The van der Waals surface area contributed by atoms with Crippen LogP contribution < -0.4 is 4.72 Å². The van der Waals surface area contributed by atoms with Crippen molar-refractivity contribution < 1.29 is 18.3 Å². The number of carboxylic acids is 1. The third kappa shape index (κ3) is 6.25. The van der Waals surface area contributed by atoms with Gasteiger partial charge in [0.05, 0.1) is 6.42 Å². The smallest absolute Gasteiger partial charge is 0.308 e. The molecule has 0 aromatic carbocycles. The Kier molecular flexibility index (Phi) is 7.57. The van der Waals surface area contributed by atoms with E-state index in [0.29, 0.717) is 11.4 Å². The number of rotatable bonds is 10. The van der Waals surface area contributed by atoms with Crippen molar-refractivity contribution in [3.63, 3.8) is 0 Å². The topological polar surface area (TPSA) is 83.5 Å². The van der Waals surface area contributed by atoms with Crippen LogP contribution in [0.4, 0.5) is 0 Å². The minimum absolute atomic E-state index is 0.144. The van der Waals surface area contributed by atoms with Crippen LogP contribution in [0.15, 0.2) is 16.3 Å². The molecule has 0 saturated heterocycles. The van der Waals surface area contributed by atoms with Crippen LogP contribution in [-0.4, -0.2) is 38.0 Å². The van der Waals surface area contributed by atoms with Crippen LogP contribution in [0.5, 0.6) is 0 Å². The van der Waals surface area contributed by atoms with Crippen molar-refractivity contribution in [3.8, 4) is 0 Å². The van der Waals surface area contributed by atoms with Gasteiger partial charge in [-0.15, -0.1) is 11.3 Å². The second kappa shape index (κ2) is 8.66. The molecule has 0 aliphatic carbocycles. The van der Waals surface area contributed by atoms with E-state index in [1.54, 1.807) is 17.8 Å². The molecule has 0 radical (unpaired) electrons. The minimum atomic E-state index is -3.50. The first-order chi connectivity index (χ1) is 9.45. The van der Waals surface area contributed by atoms with Gasteiger partial charge >= 0.3 is 5.97 Å². The third-order valence-electron chi connectivity index (χ3n) is 2.54. The van der Waals surface area contributed by atoms with E-state index in [4.69, 9.17) is 5.11 Å². The molecule has 0 saturated carbocycles. The Morgan fingerprint density at radius 1 is 1.35 bits per heavy atom. The first kappa shape index (κ1) is 17.5. The summed E-state index contributed by atoms with van der Waals surface area (Å²) in [5, 5.41) is 8.66. The summed E-state index contributed by atoms with van der Waals surface area (Å²) in [6.45, 7) is 0.420. The van der Waals surface area contributed by atoms with Gasteiger partial charge in [0.2, 0.25) is 10.0 Å². The number of carbonyl (C=O) groups is 1. The summed E-state index contributed by atoms with van der Waals surface area (Å²) >= 11 is 2.79. The zero-order valence-electron chi connectivity index (χ0n) is 11.3. The van der Waals surface area contributed by atoms with Gasteiger partial charge in [0, 0.05) is 11.4 Å². The average molecular weight is 337 g/mol. The molecule has 8 heteroatoms. The van der Waals surface area contributed by atoms with E-state index in [1.165, 1.54) is 6.07 Å². The Labute approximate surface area is 127 Å². The summed E-state index contributed by atoms with van der Waals surface area (Å²) in [5.74, 6) is 0.133. The van der Waals surface area contributed by atoms with Crippen LogP contribution in [0.1, 0.15) is 24.1 Å². The quantitative estimate of drug-likeness (QED) is 0.639. The van der Waals surface area contributed by atoms with Crippen LogP contribution in [0.2, 0.25) is 0 Å². The highest BCUT2D eigenvalue weighted by molar-refractivity contribution is 7.98. The van der Waals surface area contributed by atoms with Crippen molar-refractivity contribution >= 4 is 39.1 Å². The van der Waals surface area contributed by atoms with E-state index in [2.05, 4.69) is 4.72 Å². The number of nitrogens with one attached hydrogen (secondary N) is 1. The van der Waals surface area contributed by atoms with E-state index in [9.17, 15) is 13.2 Å². The number of carboxylic acid groups (broad SMARTS) is 1. The largest absolute Gasteiger partial charge is 0.481 e. The molecule has 1 aromatic rings. The highest BCUT2D eigenvalue weighted by Crippen LogP contribution is 2.21. The Balaban J connectivity index is 2.43. The standard InChI is InChI=1S/C12H19NO4S3/c1-18-8-4-2-3-7-13-20(16,17)12-6-5-10(19-12)9-11(14)15/h5-6,13H,2-4,7-9H2,1H3,(H,14,15). The number of thiophene rings is 1. The van der Waals surface area contributed by atoms with Crippen LogP contribution >= 0.6 is 23.1 Å². The molecule has 0 unspecified atom stereocenters. The van der Waals surface area contributed by atoms with Gasteiger partial charge in [0.25, 0.3) is 0 Å². The second-order valence-electron chi connectivity index (χ2n) is 4.24. The number of aliphatic carboxylic acids is 1. The summed E-state index contributed by atoms with van der Waals surface area (Å²) in [5.41, 5.74) is 0. The SMILES string of the molecule is CSCCCCCNS(=O)(=O)c1ccc(CC(=O)O)s1. The lowest BCUT2D eigenvalue weighted by Gasteiger charge is -2.04. The van der Waals surface area contributed by atoms with Gasteiger partial charge in [-0.1, -0.05) is 6.42 Å². The number of sulfonamides is 1. The lowest BCUT2D eigenvalue weighted by molar-refractivity contribution is -0.136. The van der Waals surface area contributed by atoms with Crippen molar-refractivity contribution in [1.82, 2.24) is 4.72 Å². The van der Waals surface area contributed by atoms with Gasteiger partial charge in [-0.2, -0.15) is 11.8 Å². The second-order valence-corrected chi connectivity index (χ2v) is 8.39. The molecule has 0 amide bonds. The van der Waals surface area contributed by atoms with Crippen LogP contribution in [0.3, 0.4) is 0 Å². The molecule has 114 valence electrons. The maximum atomic E-state index is 12.0. The summed E-state index contributed by atoms with van der Waals surface area (Å²) in [7, 11) is -3.50. The zero-order valence-corrected chi connectivity index (χ0v) is 13.7. The van der Waals surface area contributed by atoms with Crippen LogP contribution in [0, 0.1) is 0 Å². The van der Waals surface area contributed by atoms with Crippen molar-refractivity contribution in [2.45, 2.75) is 29.9 Å². The van der Waals surface area contributed by atoms with Crippen LogP contribution in [-0.2, 0) is 21.2 Å². The molecule has 2 N–H and O–H groups in total. The molecule has 0 spiro atoms. The van der Waals surface area contributed by atoms with Gasteiger partial charge in [-0.25, -0.2) is 13.1 Å². The fourth-order valence-electron chi connectivity index (χ4n) is 1.57. The van der Waals surface area contributed by atoms with E-state index >= 15 is 0 Å². The van der Waals surface area contributed by atoms with Crippen molar-refractivity contribution in [2.24, 2.45) is 0 Å². The summed E-state index contributed by atoms with van der Waals surface area (Å²) in [6.07, 6.45) is 4.80. The van der Waals surface area contributed by atoms with Gasteiger partial charge in [-0.05, 0) is 37.0 Å². The van der Waals surface area contributed by atoms with Gasteiger partial charge in [-0.3, -0.25) is 4.79 Å². The fourth-order valence-corrected chi connectivity index (χ4v) is 4.53. The lowest BCUT2D eigenvalue weighted by Crippen LogP contribution is -2.24. The predicted octanol–water partition coefficient (Wildman–Crippen LogP) is 2.19. The maximum Gasteiger partial charge on any atom is 0.308 e. The first-order valence-electron chi connectivity index (χ1n) is 6.25. The number of hydrogen-bond donors (Lipinski definition) is 2. The molecule has 5 nitrogen and oxygen atoms in total. The summed E-state index contributed by atoms with van der Waals surface area (Å²) in [6, 6.07) is 3.00. The highest BCUT2D eigenvalue weighted by Gasteiger charge is 2.16. The zero-order chi connectivity index (χ0) is 15.0. The Hall–Kier alpha value is -0.570. The van der Waals surface area contributed by atoms with Gasteiger partial charge in [0.1, 0.15) is 4.21 Å². The lowest BCUT2D eigenvalue weighted by atomic mass is 10.2. The molecule has 0 fully saturated rings. The maximum absolute atomic E-state index is 12.0. The normalized spacial score (nSPS) is 11.7. The molecule has 0 atom stereocenters. The molecule has 0 aliphatic heterocycles. The first-order valence-corrected chi connectivity index (χ1v) is 9.94. The van der Waals surface area contributed by atoms with E-state index < -0.39 is 16.0 Å². The molecule has 1 aromatic heterocycles. The number of hydrogen-bond acceptors (Lipinski definition) is 5. The van der Waals surface area contributed by atoms with E-state index in [-0.39, 0.29) is 10.6 Å². The number of thioether (sulfide) groups is 1. The van der Waals surface area contributed by atoms with E-state index in [1.807, 2.05) is 6.26 Å². The van der Waals surface area contributed by atoms with Crippen molar-refractivity contribution in [2.75, 3.05) is 18.6 Å². The number of unbranched alkanes of at least 4 members (excludes halogenated alkanes) is 2. The van der Waals surface area contributed by atoms with Crippen molar-refractivity contribution in [1.29, 1.82) is 0 Å². The average Bonchev–Trinajstić information content (AvgIpc) is 2.82. The molecule has 20 heavy (non-hydrogen) atoms. The third-order valence-corrected chi connectivity index (χ3v) is 6.28. The van der Waals surface area contributed by atoms with E-state index in [0.717, 1.165) is 36.4 Å². The van der Waals surface area contributed by atoms with Crippen molar-refractivity contribution in [3.05, 3.63) is 17.0 Å². The highest BCUT2D eigenvalue weighted by atomic mass is 32.2. The Bertz CT molecular complexity index is 525. The predicted molar refractivity (Wildman–Crippen MR) is 83.1 cm³/mol. The molecular formula is C12H19NO4S3. The molecule has 1 rings (SSSR count). The monoisotopic (exact) mass is 337 g/mol. The summed E-state index contributed by atoms with van der Waals surface area (Å²) in [4.78, 5) is 11.1. The Morgan fingerprint density at radius 2 is 2.10 bits per heavy atom. The molecule has 0 bridgehead atoms. The molecule has 1 heterocycles. The minimum Gasteiger partial charge on any atom is -0.481 e. The Morgan fingerprint density at radius 3 is 2.75 bits per heavy atom.